The van der Waals surface area contributed by atoms with Crippen molar-refractivity contribution in [2.45, 2.75) is 1.61 Å². The molecule has 0 aliphatic heterocycles. The van der Waals surface area contributed by atoms with Crippen molar-refractivity contribution in [3.05, 3.63) is 0 Å². The zero-order valence-electron chi connectivity index (χ0n) is 6.24. The van der Waals surface area contributed by atoms with Gasteiger partial charge in [-0.15, -0.1) is 0 Å². The average Bonchev–Trinajstić information content (AvgIpc) is 1.14. The number of quaternary nitrogens is 1. The second kappa shape index (κ2) is 4.64. The van der Waals surface area contributed by atoms with Crippen LogP contribution in [-0.4, -0.2) is 38.9 Å². The monoisotopic (exact) mass is 391 g/mol. The van der Waals surface area contributed by atoms with Crippen LogP contribution < -0.4 is 12.4 Å². The van der Waals surface area contributed by atoms with E-state index >= 15 is 0 Å². The summed E-state index contributed by atoms with van der Waals surface area (Å²) in [5.41, 5.74) is 0. The molecule has 0 aromatic heterocycles. The van der Waals surface area contributed by atoms with Gasteiger partial charge in [-0.1, -0.05) is 0 Å². The van der Waals surface area contributed by atoms with Crippen molar-refractivity contribution in [1.82, 2.24) is 0 Å². The molecule has 64 valence electrons. The van der Waals surface area contributed by atoms with Gasteiger partial charge in [0.15, 0.2) is 0 Å². The maximum absolute atomic E-state index is 9.31. The van der Waals surface area contributed by atoms with Crippen molar-refractivity contribution >= 4 is 45.2 Å². The standard InChI is InChI=1S/C5H12I2NO.ClH/c1-8(2,3)4-5(6,7)9;/h9H,4H2,1-3H3;1H/q+1;/p-1. The number of alkyl halides is 2. The molecule has 0 spiro atoms. The van der Waals surface area contributed by atoms with Crippen molar-refractivity contribution in [1.29, 1.82) is 0 Å². The summed E-state index contributed by atoms with van der Waals surface area (Å²) in [6.45, 7) is 0.758. The molecule has 10 heavy (non-hydrogen) atoms. The van der Waals surface area contributed by atoms with Gasteiger partial charge in [-0.25, -0.2) is 0 Å². The van der Waals surface area contributed by atoms with Crippen LogP contribution in [0.1, 0.15) is 0 Å². The van der Waals surface area contributed by atoms with Gasteiger partial charge in [-0.3, -0.25) is 0 Å². The highest BCUT2D eigenvalue weighted by molar-refractivity contribution is 14.2. The van der Waals surface area contributed by atoms with Gasteiger partial charge in [0, 0.05) is 0 Å². The van der Waals surface area contributed by atoms with Gasteiger partial charge in [0.1, 0.15) is 6.54 Å². The number of rotatable bonds is 2. The van der Waals surface area contributed by atoms with Crippen LogP contribution in [-0.2, 0) is 0 Å². The summed E-state index contributed by atoms with van der Waals surface area (Å²) in [5, 5.41) is 9.31. The van der Waals surface area contributed by atoms with Crippen LogP contribution in [0.2, 0.25) is 0 Å². The van der Waals surface area contributed by atoms with E-state index in [4.69, 9.17) is 0 Å². The van der Waals surface area contributed by atoms with Gasteiger partial charge in [0.05, 0.1) is 21.1 Å². The number of likely N-dealkylation sites (N-methyl/N-ethyl adjacent to an activating group) is 1. The lowest BCUT2D eigenvalue weighted by atomic mass is 10.5. The predicted octanol–water partition coefficient (Wildman–Crippen LogP) is -1.79. The van der Waals surface area contributed by atoms with Crippen molar-refractivity contribution < 1.29 is 22.0 Å². The van der Waals surface area contributed by atoms with E-state index in [1.165, 1.54) is 0 Å². The minimum Gasteiger partial charge on any atom is -1.00 e. The number of halogens is 3. The summed E-state index contributed by atoms with van der Waals surface area (Å²) in [4.78, 5) is 0. The lowest BCUT2D eigenvalue weighted by Crippen LogP contribution is -3.00. The van der Waals surface area contributed by atoms with Crippen molar-refractivity contribution in [2.24, 2.45) is 0 Å². The lowest BCUT2D eigenvalue weighted by Gasteiger charge is -2.28. The van der Waals surface area contributed by atoms with Crippen molar-refractivity contribution in [3.8, 4) is 0 Å². The fourth-order valence-corrected chi connectivity index (χ4v) is 2.62. The predicted molar refractivity (Wildman–Crippen MR) is 55.9 cm³/mol. The molecule has 0 heterocycles. The topological polar surface area (TPSA) is 20.2 Å². The van der Waals surface area contributed by atoms with Crippen LogP contribution in [0, 0.1) is 0 Å². The maximum Gasteiger partial charge on any atom is 0.216 e. The highest BCUT2D eigenvalue weighted by Crippen LogP contribution is 2.25. The Kier molecular flexibility index (Phi) is 6.59. The molecular formula is C5H12ClI2NO. The van der Waals surface area contributed by atoms with Gasteiger partial charge < -0.3 is 22.0 Å². The van der Waals surface area contributed by atoms with Gasteiger partial charge in [-0.2, -0.15) is 0 Å². The highest BCUT2D eigenvalue weighted by atomic mass is 127. The van der Waals surface area contributed by atoms with E-state index in [-0.39, 0.29) is 12.4 Å². The molecule has 0 saturated carbocycles. The fourth-order valence-electron chi connectivity index (χ4n) is 0.571. The molecule has 0 aromatic carbocycles. The normalized spacial score (nSPS) is 12.6. The van der Waals surface area contributed by atoms with E-state index in [0.29, 0.717) is 0 Å². The molecule has 0 aliphatic rings. The third kappa shape index (κ3) is 12.4. The molecule has 0 radical (unpaired) electrons. The molecule has 0 aromatic rings. The van der Waals surface area contributed by atoms with E-state index in [1.807, 2.05) is 45.2 Å². The first kappa shape index (κ1) is 14.2. The Morgan fingerprint density at radius 3 is 1.60 bits per heavy atom. The number of hydrogen-bond donors (Lipinski definition) is 1. The van der Waals surface area contributed by atoms with E-state index < -0.39 is 1.61 Å². The molecule has 0 atom stereocenters. The Labute approximate surface area is 95.6 Å². The van der Waals surface area contributed by atoms with Crippen LogP contribution in [0.3, 0.4) is 0 Å². The molecule has 0 rings (SSSR count). The molecule has 0 fully saturated rings. The van der Waals surface area contributed by atoms with E-state index in [9.17, 15) is 5.11 Å². The van der Waals surface area contributed by atoms with Gasteiger partial charge in [0.2, 0.25) is 1.61 Å². The smallest absolute Gasteiger partial charge is 0.216 e. The molecule has 1 N–H and O–H groups in total. The Morgan fingerprint density at radius 1 is 1.30 bits per heavy atom. The second-order valence-corrected chi connectivity index (χ2v) is 8.75. The Balaban J connectivity index is 0. The third-order valence-electron chi connectivity index (χ3n) is 0.665. The molecular weight excluding hydrogens is 379 g/mol. The number of aliphatic hydroxyl groups is 1. The zero-order valence-corrected chi connectivity index (χ0v) is 11.3. The fraction of sp³-hybridized carbons (Fsp3) is 1.00. The van der Waals surface area contributed by atoms with Gasteiger partial charge in [-0.05, 0) is 45.2 Å². The first-order valence-electron chi connectivity index (χ1n) is 2.61. The zero-order chi connectivity index (χ0) is 7.71. The summed E-state index contributed by atoms with van der Waals surface area (Å²) in [7, 11) is 6.17. The minimum atomic E-state index is -0.603. The van der Waals surface area contributed by atoms with E-state index in [2.05, 4.69) is 21.1 Å². The quantitative estimate of drug-likeness (QED) is 0.335. The summed E-state index contributed by atoms with van der Waals surface area (Å²) < 4.78 is 0.191. The Bertz CT molecular complexity index is 84.8. The first-order valence-corrected chi connectivity index (χ1v) is 4.77. The van der Waals surface area contributed by atoms with E-state index in [1.54, 1.807) is 0 Å². The average molecular weight is 391 g/mol. The summed E-state index contributed by atoms with van der Waals surface area (Å²) in [6.07, 6.45) is 0. The molecule has 0 bridgehead atoms. The minimum absolute atomic E-state index is 0. The molecule has 0 saturated heterocycles. The highest BCUT2D eigenvalue weighted by Gasteiger charge is 2.25. The van der Waals surface area contributed by atoms with Gasteiger partial charge in [0.25, 0.3) is 0 Å². The Hall–Kier alpha value is 1.67. The Morgan fingerprint density at radius 2 is 1.60 bits per heavy atom. The molecule has 5 heteroatoms. The van der Waals surface area contributed by atoms with Crippen LogP contribution in [0.15, 0.2) is 0 Å². The summed E-state index contributed by atoms with van der Waals surface area (Å²) in [5.74, 6) is 0. The largest absolute Gasteiger partial charge is 1.00 e. The molecule has 0 aliphatic carbocycles. The first-order chi connectivity index (χ1) is 3.71. The maximum atomic E-state index is 9.31. The van der Waals surface area contributed by atoms with Gasteiger partial charge >= 0.3 is 0 Å². The van der Waals surface area contributed by atoms with Crippen LogP contribution in [0.5, 0.6) is 0 Å². The van der Waals surface area contributed by atoms with Crippen LogP contribution in [0.4, 0.5) is 0 Å². The van der Waals surface area contributed by atoms with Crippen molar-refractivity contribution in [3.63, 3.8) is 0 Å². The lowest BCUT2D eigenvalue weighted by molar-refractivity contribution is -0.871. The molecule has 0 amide bonds. The van der Waals surface area contributed by atoms with Crippen LogP contribution >= 0.6 is 45.2 Å². The van der Waals surface area contributed by atoms with Crippen molar-refractivity contribution in [2.75, 3.05) is 27.7 Å². The molecule has 0 unspecified atom stereocenters. The van der Waals surface area contributed by atoms with Crippen LogP contribution in [0.25, 0.3) is 0 Å². The summed E-state index contributed by atoms with van der Waals surface area (Å²) >= 11 is 4.06. The molecule has 2 nitrogen and oxygen atoms in total. The number of hydrogen-bond acceptors (Lipinski definition) is 1. The second-order valence-electron chi connectivity index (χ2n) is 3.11. The SMILES string of the molecule is C[N+](C)(C)CC(O)(I)I.[Cl-]. The third-order valence-corrected chi connectivity index (χ3v) is 1.35. The van der Waals surface area contributed by atoms with E-state index in [0.717, 1.165) is 11.0 Å². The summed E-state index contributed by atoms with van der Waals surface area (Å²) in [6, 6.07) is 0. The number of nitrogens with zero attached hydrogens (tertiary/aromatic N) is 1.